The minimum Gasteiger partial charge on any atom is -0.477 e. The van der Waals surface area contributed by atoms with Crippen LogP contribution in [-0.4, -0.2) is 12.2 Å². The van der Waals surface area contributed by atoms with Gasteiger partial charge >= 0.3 is 5.15 Å². The standard InChI is InChI=1S/C6H8ClN2O/c1-9-5(7)3-4-6(8-9)10-2/h3-4H,1-2H3/q+1. The largest absolute Gasteiger partial charge is 0.477 e. The van der Waals surface area contributed by atoms with Gasteiger partial charge in [-0.2, -0.15) is 0 Å². The smallest absolute Gasteiger partial charge is 0.300 e. The molecular weight excluding hydrogens is 152 g/mol. The van der Waals surface area contributed by atoms with Crippen LogP contribution in [0.1, 0.15) is 0 Å². The van der Waals surface area contributed by atoms with Crippen molar-refractivity contribution in [3.05, 3.63) is 17.3 Å². The summed E-state index contributed by atoms with van der Waals surface area (Å²) >= 11 is 5.68. The summed E-state index contributed by atoms with van der Waals surface area (Å²) in [4.78, 5) is 0. The Hall–Kier alpha value is -0.830. The lowest BCUT2D eigenvalue weighted by Crippen LogP contribution is -2.34. The van der Waals surface area contributed by atoms with Crippen LogP contribution in [0, 0.1) is 0 Å². The van der Waals surface area contributed by atoms with Gasteiger partial charge in [-0.15, -0.1) is 0 Å². The molecule has 54 valence electrons. The first-order chi connectivity index (χ1) is 4.74. The van der Waals surface area contributed by atoms with Gasteiger partial charge in [-0.25, -0.2) is 0 Å². The molecule has 0 aliphatic rings. The number of aryl methyl sites for hydroxylation is 1. The van der Waals surface area contributed by atoms with Gasteiger partial charge in [0.05, 0.1) is 7.11 Å². The maximum atomic E-state index is 5.68. The summed E-state index contributed by atoms with van der Waals surface area (Å²) in [5.74, 6) is 0.562. The highest BCUT2D eigenvalue weighted by molar-refractivity contribution is 6.28. The Balaban J connectivity index is 3.04. The molecule has 1 aromatic heterocycles. The molecule has 0 N–H and O–H groups in total. The highest BCUT2D eigenvalue weighted by Crippen LogP contribution is 2.04. The van der Waals surface area contributed by atoms with Crippen LogP contribution in [0.4, 0.5) is 0 Å². The molecule has 4 heteroatoms. The molecule has 1 rings (SSSR count). The second-order valence-corrected chi connectivity index (χ2v) is 2.21. The molecule has 1 aromatic rings. The van der Waals surface area contributed by atoms with Crippen molar-refractivity contribution in [3.8, 4) is 5.88 Å². The third-order valence-corrected chi connectivity index (χ3v) is 1.50. The normalized spacial score (nSPS) is 9.50. The second-order valence-electron chi connectivity index (χ2n) is 1.82. The zero-order valence-electron chi connectivity index (χ0n) is 5.84. The molecule has 0 spiro atoms. The van der Waals surface area contributed by atoms with E-state index in [1.54, 1.807) is 31.0 Å². The van der Waals surface area contributed by atoms with Gasteiger partial charge in [0.2, 0.25) is 0 Å². The molecule has 1 heterocycles. The van der Waals surface area contributed by atoms with E-state index in [2.05, 4.69) is 5.10 Å². The van der Waals surface area contributed by atoms with Gasteiger partial charge in [0.15, 0.2) is 7.05 Å². The van der Waals surface area contributed by atoms with Crippen molar-refractivity contribution < 1.29 is 9.42 Å². The van der Waals surface area contributed by atoms with Crippen LogP contribution in [0.3, 0.4) is 0 Å². The summed E-state index contributed by atoms with van der Waals surface area (Å²) in [6, 6.07) is 3.44. The van der Waals surface area contributed by atoms with E-state index in [0.717, 1.165) is 0 Å². The zero-order valence-corrected chi connectivity index (χ0v) is 6.59. The first-order valence-corrected chi connectivity index (χ1v) is 3.18. The van der Waals surface area contributed by atoms with Crippen LogP contribution >= 0.6 is 11.6 Å². The highest BCUT2D eigenvalue weighted by atomic mass is 35.5. The maximum Gasteiger partial charge on any atom is 0.300 e. The van der Waals surface area contributed by atoms with E-state index in [-0.39, 0.29) is 0 Å². The number of ether oxygens (including phenoxy) is 1. The molecule has 0 aliphatic carbocycles. The van der Waals surface area contributed by atoms with Crippen molar-refractivity contribution >= 4 is 11.6 Å². The van der Waals surface area contributed by atoms with Crippen molar-refractivity contribution in [2.24, 2.45) is 7.05 Å². The summed E-state index contributed by atoms with van der Waals surface area (Å²) in [6.07, 6.45) is 0. The minimum atomic E-state index is 0.562. The number of hydrogen-bond acceptors (Lipinski definition) is 2. The minimum absolute atomic E-state index is 0.562. The van der Waals surface area contributed by atoms with Crippen LogP contribution < -0.4 is 9.42 Å². The molecule has 0 atom stereocenters. The topological polar surface area (TPSA) is 26.0 Å². The average Bonchev–Trinajstić information content (AvgIpc) is 1.95. The van der Waals surface area contributed by atoms with Gasteiger partial charge in [0.25, 0.3) is 5.88 Å². The van der Waals surface area contributed by atoms with E-state index < -0.39 is 0 Å². The number of nitrogens with zero attached hydrogens (tertiary/aromatic N) is 2. The third kappa shape index (κ3) is 1.36. The molecule has 0 saturated carbocycles. The van der Waals surface area contributed by atoms with Gasteiger partial charge in [0, 0.05) is 17.2 Å². The molecule has 3 nitrogen and oxygen atoms in total. The second kappa shape index (κ2) is 2.84. The van der Waals surface area contributed by atoms with Crippen LogP contribution in [0.15, 0.2) is 12.1 Å². The Labute approximate surface area is 64.2 Å². The predicted molar refractivity (Wildman–Crippen MR) is 37.0 cm³/mol. The summed E-state index contributed by atoms with van der Waals surface area (Å²) in [5, 5.41) is 4.54. The lowest BCUT2D eigenvalue weighted by atomic mass is 10.6. The number of aromatic nitrogens is 2. The van der Waals surface area contributed by atoms with Crippen molar-refractivity contribution in [2.75, 3.05) is 7.11 Å². The van der Waals surface area contributed by atoms with Gasteiger partial charge < -0.3 is 4.74 Å². The molecule has 0 aliphatic heterocycles. The van der Waals surface area contributed by atoms with E-state index in [4.69, 9.17) is 16.3 Å². The molecule has 10 heavy (non-hydrogen) atoms. The number of methoxy groups -OCH3 is 1. The van der Waals surface area contributed by atoms with Gasteiger partial charge in [-0.1, -0.05) is 4.68 Å². The van der Waals surface area contributed by atoms with Gasteiger partial charge in [-0.3, -0.25) is 0 Å². The third-order valence-electron chi connectivity index (χ3n) is 1.13. The lowest BCUT2D eigenvalue weighted by Gasteiger charge is -1.93. The molecule has 0 bridgehead atoms. The Kier molecular flexibility index (Phi) is 2.06. The lowest BCUT2D eigenvalue weighted by molar-refractivity contribution is -0.729. The Morgan fingerprint density at radius 1 is 1.60 bits per heavy atom. The number of halogens is 1. The highest BCUT2D eigenvalue weighted by Gasteiger charge is 2.05. The first-order valence-electron chi connectivity index (χ1n) is 2.81. The number of hydrogen-bond donors (Lipinski definition) is 0. The fourth-order valence-electron chi connectivity index (χ4n) is 0.586. The summed E-state index contributed by atoms with van der Waals surface area (Å²) in [6.45, 7) is 0. The molecular formula is C6H8ClN2O+. The molecule has 0 saturated heterocycles. The van der Waals surface area contributed by atoms with Crippen molar-refractivity contribution in [1.29, 1.82) is 0 Å². The fourth-order valence-corrected chi connectivity index (χ4v) is 0.687. The van der Waals surface area contributed by atoms with Gasteiger partial charge in [-0.05, 0) is 11.6 Å². The SMILES string of the molecule is COc1ccc(Cl)[n+](C)n1. The fraction of sp³-hybridized carbons (Fsp3) is 0.333. The Morgan fingerprint density at radius 2 is 2.30 bits per heavy atom. The van der Waals surface area contributed by atoms with E-state index in [1.807, 2.05) is 0 Å². The molecule has 0 radical (unpaired) electrons. The first kappa shape index (κ1) is 7.28. The average molecular weight is 160 g/mol. The van der Waals surface area contributed by atoms with Crippen LogP contribution in [0.2, 0.25) is 5.15 Å². The van der Waals surface area contributed by atoms with Crippen LogP contribution in [-0.2, 0) is 7.05 Å². The summed E-state index contributed by atoms with van der Waals surface area (Å²) in [7, 11) is 3.32. The van der Waals surface area contributed by atoms with E-state index in [9.17, 15) is 0 Å². The van der Waals surface area contributed by atoms with Crippen molar-refractivity contribution in [3.63, 3.8) is 0 Å². The van der Waals surface area contributed by atoms with E-state index in [0.29, 0.717) is 11.0 Å². The number of rotatable bonds is 1. The van der Waals surface area contributed by atoms with E-state index in [1.165, 1.54) is 0 Å². The molecule has 0 unspecified atom stereocenters. The monoisotopic (exact) mass is 159 g/mol. The van der Waals surface area contributed by atoms with Crippen molar-refractivity contribution in [2.45, 2.75) is 0 Å². The van der Waals surface area contributed by atoms with Crippen molar-refractivity contribution in [1.82, 2.24) is 5.10 Å². The zero-order chi connectivity index (χ0) is 7.56. The van der Waals surface area contributed by atoms with E-state index >= 15 is 0 Å². The van der Waals surface area contributed by atoms with Crippen LogP contribution in [0.25, 0.3) is 0 Å². The van der Waals surface area contributed by atoms with Gasteiger partial charge in [0.1, 0.15) is 0 Å². The molecule has 0 aromatic carbocycles. The quantitative estimate of drug-likeness (QED) is 0.560. The Bertz CT molecular complexity index is 239. The predicted octanol–water partition coefficient (Wildman–Crippen LogP) is 0.568. The molecule has 0 fully saturated rings. The maximum absolute atomic E-state index is 5.68. The summed E-state index contributed by atoms with van der Waals surface area (Å²) in [5.41, 5.74) is 0. The Morgan fingerprint density at radius 3 is 2.80 bits per heavy atom. The summed E-state index contributed by atoms with van der Waals surface area (Å²) < 4.78 is 6.40. The molecule has 0 amide bonds. The van der Waals surface area contributed by atoms with Crippen LogP contribution in [0.5, 0.6) is 5.88 Å².